The van der Waals surface area contributed by atoms with Crippen LogP contribution in [0.3, 0.4) is 0 Å². The first-order chi connectivity index (χ1) is 10.3. The van der Waals surface area contributed by atoms with E-state index in [4.69, 9.17) is 4.74 Å². The Kier molecular flexibility index (Phi) is 5.73. The summed E-state index contributed by atoms with van der Waals surface area (Å²) in [6, 6.07) is 0. The topological polar surface area (TPSA) is 15.7 Å². The second kappa shape index (κ2) is 7.02. The van der Waals surface area contributed by atoms with Crippen molar-refractivity contribution in [3.8, 4) is 0 Å². The van der Waals surface area contributed by atoms with Crippen LogP contribution in [0.15, 0.2) is 11.1 Å². The number of morpholine rings is 1. The average Bonchev–Trinajstić information content (AvgIpc) is 3.02. The third kappa shape index (κ3) is 3.42. The van der Waals surface area contributed by atoms with E-state index in [0.717, 1.165) is 32.7 Å². The van der Waals surface area contributed by atoms with E-state index < -0.39 is 0 Å². The molecule has 2 saturated heterocycles. The van der Waals surface area contributed by atoms with Crippen molar-refractivity contribution in [2.75, 3.05) is 39.4 Å². The van der Waals surface area contributed by atoms with Crippen molar-refractivity contribution in [3.05, 3.63) is 11.1 Å². The second-order valence-corrected chi connectivity index (χ2v) is 7.92. The minimum atomic E-state index is 0.0932. The van der Waals surface area contributed by atoms with Crippen LogP contribution in [0.5, 0.6) is 0 Å². The monoisotopic (exact) mass is 308 g/mol. The van der Waals surface area contributed by atoms with Crippen LogP contribution in [-0.2, 0) is 4.74 Å². The molecule has 0 atom stereocenters. The number of likely N-dealkylation sites (tertiary alicyclic amines) is 1. The molecule has 0 unspecified atom stereocenters. The zero-order valence-corrected chi connectivity index (χ0v) is 15.7. The lowest BCUT2D eigenvalue weighted by Crippen LogP contribution is -2.58. The second-order valence-electron chi connectivity index (χ2n) is 7.92. The molecule has 0 spiro atoms. The molecule has 3 heteroatoms. The zero-order valence-electron chi connectivity index (χ0n) is 15.7. The summed E-state index contributed by atoms with van der Waals surface area (Å²) in [4.78, 5) is 5.33. The van der Waals surface area contributed by atoms with Crippen molar-refractivity contribution >= 4 is 0 Å². The van der Waals surface area contributed by atoms with Crippen LogP contribution in [0.2, 0.25) is 0 Å². The summed E-state index contributed by atoms with van der Waals surface area (Å²) >= 11 is 0. The predicted molar refractivity (Wildman–Crippen MR) is 94.3 cm³/mol. The fourth-order valence-corrected chi connectivity index (χ4v) is 4.68. The molecule has 0 radical (unpaired) electrons. The number of hydrogen-bond acceptors (Lipinski definition) is 3. The number of rotatable bonds is 5. The minimum Gasteiger partial charge on any atom is -0.379 e. The van der Waals surface area contributed by atoms with Crippen molar-refractivity contribution in [1.29, 1.82) is 0 Å². The van der Waals surface area contributed by atoms with Gasteiger partial charge in [-0.1, -0.05) is 12.5 Å². The standard InChI is InChI=1S/C19H36N2O/c1-7-16(2)17(18(3,4)20-10-8-9-11-20)19(5,6)21-12-14-22-15-13-21/h7-15H2,1-6H3/b17-16-. The third-order valence-electron chi connectivity index (χ3n) is 5.88. The lowest BCUT2D eigenvalue weighted by atomic mass is 9.75. The molecule has 0 aromatic rings. The van der Waals surface area contributed by atoms with Gasteiger partial charge in [0, 0.05) is 24.2 Å². The highest BCUT2D eigenvalue weighted by Crippen LogP contribution is 2.40. The summed E-state index contributed by atoms with van der Waals surface area (Å²) < 4.78 is 5.58. The maximum Gasteiger partial charge on any atom is 0.0594 e. The van der Waals surface area contributed by atoms with Gasteiger partial charge in [-0.05, 0) is 72.5 Å². The highest BCUT2D eigenvalue weighted by atomic mass is 16.5. The molecule has 2 rings (SSSR count). The van der Waals surface area contributed by atoms with Gasteiger partial charge in [-0.2, -0.15) is 0 Å². The van der Waals surface area contributed by atoms with Crippen molar-refractivity contribution in [1.82, 2.24) is 9.80 Å². The molecular formula is C19H36N2O. The first-order valence-electron chi connectivity index (χ1n) is 9.10. The fourth-order valence-electron chi connectivity index (χ4n) is 4.68. The van der Waals surface area contributed by atoms with E-state index in [-0.39, 0.29) is 11.1 Å². The summed E-state index contributed by atoms with van der Waals surface area (Å²) in [5.41, 5.74) is 3.42. The van der Waals surface area contributed by atoms with E-state index >= 15 is 0 Å². The zero-order chi connectivity index (χ0) is 16.4. The molecule has 3 nitrogen and oxygen atoms in total. The molecule has 128 valence electrons. The van der Waals surface area contributed by atoms with Crippen LogP contribution in [0.1, 0.15) is 60.8 Å². The van der Waals surface area contributed by atoms with Crippen LogP contribution in [-0.4, -0.2) is 60.3 Å². The van der Waals surface area contributed by atoms with Crippen LogP contribution in [0, 0.1) is 0 Å². The van der Waals surface area contributed by atoms with E-state index in [0.29, 0.717) is 0 Å². The van der Waals surface area contributed by atoms with Crippen LogP contribution in [0.25, 0.3) is 0 Å². The molecule has 0 saturated carbocycles. The van der Waals surface area contributed by atoms with E-state index in [1.54, 1.807) is 11.1 Å². The molecule has 0 bridgehead atoms. The van der Waals surface area contributed by atoms with Gasteiger partial charge < -0.3 is 4.74 Å². The number of ether oxygens (including phenoxy) is 1. The van der Waals surface area contributed by atoms with Crippen molar-refractivity contribution in [3.63, 3.8) is 0 Å². The van der Waals surface area contributed by atoms with Gasteiger partial charge in [-0.3, -0.25) is 9.80 Å². The van der Waals surface area contributed by atoms with Gasteiger partial charge in [0.25, 0.3) is 0 Å². The van der Waals surface area contributed by atoms with Crippen molar-refractivity contribution < 1.29 is 4.74 Å². The molecule has 2 aliphatic rings. The van der Waals surface area contributed by atoms with Crippen LogP contribution < -0.4 is 0 Å². The number of hydrogen-bond donors (Lipinski definition) is 0. The maximum absolute atomic E-state index is 5.58. The molecule has 0 aromatic heterocycles. The Morgan fingerprint density at radius 1 is 0.864 bits per heavy atom. The first kappa shape index (κ1) is 18.0. The van der Waals surface area contributed by atoms with Gasteiger partial charge in [0.2, 0.25) is 0 Å². The Morgan fingerprint density at radius 3 is 1.77 bits per heavy atom. The van der Waals surface area contributed by atoms with Crippen LogP contribution in [0.4, 0.5) is 0 Å². The summed E-state index contributed by atoms with van der Waals surface area (Å²) in [7, 11) is 0. The quantitative estimate of drug-likeness (QED) is 0.720. The molecule has 2 aliphatic heterocycles. The van der Waals surface area contributed by atoms with Gasteiger partial charge in [-0.25, -0.2) is 0 Å². The Hall–Kier alpha value is -0.380. The van der Waals surface area contributed by atoms with Gasteiger partial charge in [-0.15, -0.1) is 0 Å². The summed E-state index contributed by atoms with van der Waals surface area (Å²) in [6.45, 7) is 20.7. The van der Waals surface area contributed by atoms with Gasteiger partial charge in [0.1, 0.15) is 0 Å². The highest BCUT2D eigenvalue weighted by molar-refractivity contribution is 5.34. The molecule has 22 heavy (non-hydrogen) atoms. The molecule has 0 aliphatic carbocycles. The first-order valence-corrected chi connectivity index (χ1v) is 9.10. The molecular weight excluding hydrogens is 272 g/mol. The summed E-state index contributed by atoms with van der Waals surface area (Å²) in [6.07, 6.45) is 3.83. The lowest BCUT2D eigenvalue weighted by molar-refractivity contribution is -0.00707. The van der Waals surface area contributed by atoms with Gasteiger partial charge >= 0.3 is 0 Å². The highest BCUT2D eigenvalue weighted by Gasteiger charge is 2.43. The molecule has 0 amide bonds. The Labute approximate surface area is 137 Å². The molecule has 2 fully saturated rings. The molecule has 2 heterocycles. The summed E-state index contributed by atoms with van der Waals surface area (Å²) in [5.74, 6) is 0. The number of nitrogens with zero attached hydrogens (tertiary/aromatic N) is 2. The van der Waals surface area contributed by atoms with Crippen molar-refractivity contribution in [2.45, 2.75) is 71.9 Å². The van der Waals surface area contributed by atoms with E-state index in [1.807, 2.05) is 0 Å². The van der Waals surface area contributed by atoms with E-state index in [2.05, 4.69) is 51.3 Å². The molecule has 0 N–H and O–H groups in total. The average molecular weight is 309 g/mol. The van der Waals surface area contributed by atoms with Crippen LogP contribution >= 0.6 is 0 Å². The van der Waals surface area contributed by atoms with E-state index in [1.165, 1.54) is 25.9 Å². The Bertz CT molecular complexity index is 400. The predicted octanol–water partition coefficient (Wildman–Crippen LogP) is 3.70. The maximum atomic E-state index is 5.58. The summed E-state index contributed by atoms with van der Waals surface area (Å²) in [5, 5.41) is 0. The lowest BCUT2D eigenvalue weighted by Gasteiger charge is -2.51. The number of allylic oxidation sites excluding steroid dienone is 1. The Morgan fingerprint density at radius 2 is 1.32 bits per heavy atom. The third-order valence-corrected chi connectivity index (χ3v) is 5.88. The normalized spacial score (nSPS) is 23.7. The largest absolute Gasteiger partial charge is 0.379 e. The minimum absolute atomic E-state index is 0.0932. The van der Waals surface area contributed by atoms with E-state index in [9.17, 15) is 0 Å². The SMILES string of the molecule is CC/C(C)=C(/C(C)(C)N1CCCC1)C(C)(C)N1CCOCC1. The van der Waals surface area contributed by atoms with Crippen molar-refractivity contribution in [2.24, 2.45) is 0 Å². The smallest absolute Gasteiger partial charge is 0.0594 e. The van der Waals surface area contributed by atoms with Gasteiger partial charge in [0.05, 0.1) is 13.2 Å². The Balaban J connectivity index is 2.37. The van der Waals surface area contributed by atoms with Gasteiger partial charge in [0.15, 0.2) is 0 Å². The fraction of sp³-hybridized carbons (Fsp3) is 0.895. The molecule has 0 aromatic carbocycles.